The molecule has 1 amide bonds. The first-order valence-corrected chi connectivity index (χ1v) is 8.54. The Morgan fingerprint density at radius 3 is 2.41 bits per heavy atom. The van der Waals surface area contributed by atoms with Crippen molar-refractivity contribution in [2.24, 2.45) is 0 Å². The highest BCUT2D eigenvalue weighted by molar-refractivity contribution is 6.01. The number of hydrogen-bond acceptors (Lipinski definition) is 6. The number of hydrogen-bond donors (Lipinski definition) is 1. The fraction of sp³-hybridized carbons (Fsp3) is 0.400. The first kappa shape index (κ1) is 20.4. The largest absolute Gasteiger partial charge is 0.497 e. The van der Waals surface area contributed by atoms with Crippen LogP contribution in [0.1, 0.15) is 31.1 Å². The van der Waals surface area contributed by atoms with E-state index in [4.69, 9.17) is 18.9 Å². The Labute approximate surface area is 158 Å². The van der Waals surface area contributed by atoms with Crippen LogP contribution in [0.5, 0.6) is 11.5 Å². The average Bonchev–Trinajstić information content (AvgIpc) is 2.62. The molecule has 0 fully saturated rings. The molecule has 0 aliphatic rings. The van der Waals surface area contributed by atoms with Gasteiger partial charge in [0.25, 0.3) is 0 Å². The van der Waals surface area contributed by atoms with Crippen LogP contribution in [0.25, 0.3) is 10.8 Å². The highest BCUT2D eigenvalue weighted by atomic mass is 16.6. The second-order valence-corrected chi connectivity index (χ2v) is 6.80. The molecule has 0 saturated heterocycles. The summed E-state index contributed by atoms with van der Waals surface area (Å²) in [6.07, 6.45) is -0.529. The average molecular weight is 375 g/mol. The van der Waals surface area contributed by atoms with Crippen LogP contribution < -0.4 is 14.8 Å². The maximum atomic E-state index is 12.1. The van der Waals surface area contributed by atoms with Gasteiger partial charge in [0, 0.05) is 5.39 Å². The Hall–Kier alpha value is -2.96. The molecular formula is C20H25NO6. The van der Waals surface area contributed by atoms with Crippen LogP contribution >= 0.6 is 0 Å². The molecule has 7 nitrogen and oxygen atoms in total. The molecule has 0 bridgehead atoms. The molecule has 1 N–H and O–H groups in total. The smallest absolute Gasteiger partial charge is 0.407 e. The van der Waals surface area contributed by atoms with E-state index in [-0.39, 0.29) is 13.2 Å². The topological polar surface area (TPSA) is 83.1 Å². The van der Waals surface area contributed by atoms with Gasteiger partial charge in [-0.25, -0.2) is 9.59 Å². The van der Waals surface area contributed by atoms with Crippen molar-refractivity contribution in [3.63, 3.8) is 0 Å². The van der Waals surface area contributed by atoms with Crippen LogP contribution in [0.2, 0.25) is 0 Å². The van der Waals surface area contributed by atoms with Gasteiger partial charge in [0.1, 0.15) is 29.3 Å². The summed E-state index contributed by atoms with van der Waals surface area (Å²) in [5.74, 6) is 0.514. The van der Waals surface area contributed by atoms with E-state index in [9.17, 15) is 9.59 Å². The van der Waals surface area contributed by atoms with Crippen LogP contribution in [0.15, 0.2) is 30.3 Å². The lowest BCUT2D eigenvalue weighted by atomic mass is 10.0. The van der Waals surface area contributed by atoms with Crippen LogP contribution in [0, 0.1) is 0 Å². The molecule has 0 heterocycles. The number of rotatable bonds is 6. The zero-order valence-electron chi connectivity index (χ0n) is 16.3. The summed E-state index contributed by atoms with van der Waals surface area (Å²) < 4.78 is 21.1. The lowest BCUT2D eigenvalue weighted by molar-refractivity contribution is 0.0516. The van der Waals surface area contributed by atoms with E-state index < -0.39 is 17.7 Å². The Balaban J connectivity index is 2.19. The number of ether oxygens (including phenoxy) is 4. The second-order valence-electron chi connectivity index (χ2n) is 6.80. The van der Waals surface area contributed by atoms with E-state index >= 15 is 0 Å². The third kappa shape index (κ3) is 5.51. The lowest BCUT2D eigenvalue weighted by Gasteiger charge is -2.20. The van der Waals surface area contributed by atoms with Crippen molar-refractivity contribution in [3.05, 3.63) is 35.9 Å². The van der Waals surface area contributed by atoms with E-state index in [1.807, 2.05) is 18.2 Å². The summed E-state index contributed by atoms with van der Waals surface area (Å²) in [6.45, 7) is 5.73. The van der Waals surface area contributed by atoms with E-state index in [0.717, 1.165) is 10.8 Å². The molecule has 0 aliphatic carbocycles. The van der Waals surface area contributed by atoms with Crippen molar-refractivity contribution in [2.75, 3.05) is 27.4 Å². The number of fused-ring (bicyclic) bond motifs is 1. The maximum Gasteiger partial charge on any atom is 0.407 e. The monoisotopic (exact) mass is 375 g/mol. The Morgan fingerprint density at radius 1 is 1.07 bits per heavy atom. The van der Waals surface area contributed by atoms with Gasteiger partial charge in [0.2, 0.25) is 0 Å². The van der Waals surface area contributed by atoms with Crippen molar-refractivity contribution in [1.29, 1.82) is 0 Å². The molecule has 27 heavy (non-hydrogen) atoms. The Morgan fingerprint density at radius 2 is 1.78 bits per heavy atom. The Kier molecular flexibility index (Phi) is 6.50. The van der Waals surface area contributed by atoms with Gasteiger partial charge in [0.15, 0.2) is 0 Å². The number of benzene rings is 2. The highest BCUT2D eigenvalue weighted by Crippen LogP contribution is 2.33. The fourth-order valence-electron chi connectivity index (χ4n) is 2.44. The summed E-state index contributed by atoms with van der Waals surface area (Å²) >= 11 is 0. The molecular weight excluding hydrogens is 350 g/mol. The minimum Gasteiger partial charge on any atom is -0.497 e. The third-order valence-corrected chi connectivity index (χ3v) is 3.60. The summed E-state index contributed by atoms with van der Waals surface area (Å²) in [4.78, 5) is 23.8. The van der Waals surface area contributed by atoms with Crippen molar-refractivity contribution in [1.82, 2.24) is 5.32 Å². The van der Waals surface area contributed by atoms with Gasteiger partial charge in [-0.3, -0.25) is 0 Å². The SMILES string of the molecule is COC(=O)c1ccc2ccc(OC)cc2c1OCCNC(=O)OC(C)(C)C. The van der Waals surface area contributed by atoms with Crippen molar-refractivity contribution >= 4 is 22.8 Å². The molecule has 0 radical (unpaired) electrons. The molecule has 146 valence electrons. The molecule has 0 unspecified atom stereocenters. The number of nitrogens with one attached hydrogen (secondary N) is 1. The van der Waals surface area contributed by atoms with Gasteiger partial charge in [-0.15, -0.1) is 0 Å². The quantitative estimate of drug-likeness (QED) is 0.614. The van der Waals surface area contributed by atoms with Crippen molar-refractivity contribution < 1.29 is 28.5 Å². The lowest BCUT2D eigenvalue weighted by Crippen LogP contribution is -2.34. The van der Waals surface area contributed by atoms with E-state index in [2.05, 4.69) is 5.32 Å². The molecule has 0 aromatic heterocycles. The normalized spacial score (nSPS) is 11.0. The summed E-state index contributed by atoms with van der Waals surface area (Å²) in [6, 6.07) is 8.96. The number of carbonyl (C=O) groups is 2. The Bertz CT molecular complexity index is 825. The molecule has 2 aromatic carbocycles. The van der Waals surface area contributed by atoms with Gasteiger partial charge in [-0.1, -0.05) is 12.1 Å². The van der Waals surface area contributed by atoms with Crippen LogP contribution in [0.3, 0.4) is 0 Å². The highest BCUT2D eigenvalue weighted by Gasteiger charge is 2.18. The summed E-state index contributed by atoms with van der Waals surface area (Å²) in [7, 11) is 2.88. The number of alkyl carbamates (subject to hydrolysis) is 1. The van der Waals surface area contributed by atoms with Gasteiger partial charge in [-0.2, -0.15) is 0 Å². The van der Waals surface area contributed by atoms with Gasteiger partial charge in [0.05, 0.1) is 20.8 Å². The third-order valence-electron chi connectivity index (χ3n) is 3.60. The molecule has 0 spiro atoms. The first-order chi connectivity index (χ1) is 12.7. The van der Waals surface area contributed by atoms with Gasteiger partial charge < -0.3 is 24.3 Å². The van der Waals surface area contributed by atoms with Crippen molar-refractivity contribution in [2.45, 2.75) is 26.4 Å². The second kappa shape index (κ2) is 8.62. The minimum absolute atomic E-state index is 0.152. The molecule has 0 atom stereocenters. The number of carbonyl (C=O) groups excluding carboxylic acids is 2. The zero-order valence-corrected chi connectivity index (χ0v) is 16.3. The van der Waals surface area contributed by atoms with Crippen molar-refractivity contribution in [3.8, 4) is 11.5 Å². The summed E-state index contributed by atoms with van der Waals surface area (Å²) in [5, 5.41) is 4.22. The van der Waals surface area contributed by atoms with Crippen LogP contribution in [-0.4, -0.2) is 45.0 Å². The maximum absolute atomic E-state index is 12.1. The predicted molar refractivity (Wildman–Crippen MR) is 102 cm³/mol. The molecule has 0 aliphatic heterocycles. The molecule has 0 saturated carbocycles. The number of esters is 1. The van der Waals surface area contributed by atoms with E-state index in [1.165, 1.54) is 7.11 Å². The van der Waals surface area contributed by atoms with Crippen LogP contribution in [0.4, 0.5) is 4.79 Å². The zero-order chi connectivity index (χ0) is 20.0. The molecule has 2 rings (SSSR count). The minimum atomic E-state index is -0.574. The molecule has 7 heteroatoms. The van der Waals surface area contributed by atoms with E-state index in [1.54, 1.807) is 40.0 Å². The standard InChI is InChI=1S/C20H25NO6/c1-20(2,3)27-19(23)21-10-11-26-17-15(18(22)25-5)9-7-13-6-8-14(24-4)12-16(13)17/h6-9,12H,10-11H2,1-5H3,(H,21,23). The van der Waals surface area contributed by atoms with Gasteiger partial charge in [-0.05, 0) is 44.4 Å². The number of amides is 1. The van der Waals surface area contributed by atoms with Crippen LogP contribution in [-0.2, 0) is 9.47 Å². The van der Waals surface area contributed by atoms with Gasteiger partial charge >= 0.3 is 12.1 Å². The number of methoxy groups -OCH3 is 2. The first-order valence-electron chi connectivity index (χ1n) is 8.54. The summed E-state index contributed by atoms with van der Waals surface area (Å²) in [5.41, 5.74) is -0.273. The van der Waals surface area contributed by atoms with E-state index in [0.29, 0.717) is 17.1 Å². The fourth-order valence-corrected chi connectivity index (χ4v) is 2.44. The predicted octanol–water partition coefficient (Wildman–Crippen LogP) is 3.54. The molecule has 2 aromatic rings.